The summed E-state index contributed by atoms with van der Waals surface area (Å²) in [5, 5.41) is 12.4. The Hall–Kier alpha value is -2.24. The van der Waals surface area contributed by atoms with Crippen LogP contribution in [0.2, 0.25) is 0 Å². The molecule has 0 atom stereocenters. The third kappa shape index (κ3) is 3.26. The van der Waals surface area contributed by atoms with Gasteiger partial charge >= 0.3 is 0 Å². The first kappa shape index (κ1) is 13.7. The molecule has 0 spiro atoms. The van der Waals surface area contributed by atoms with Crippen LogP contribution in [-0.4, -0.2) is 26.0 Å². The van der Waals surface area contributed by atoms with Crippen molar-refractivity contribution in [1.82, 2.24) is 19.7 Å². The zero-order chi connectivity index (χ0) is 14.5. The summed E-state index contributed by atoms with van der Waals surface area (Å²) < 4.78 is 1.99. The molecule has 0 aliphatic rings. The van der Waals surface area contributed by atoms with Gasteiger partial charge in [0, 0.05) is 18.9 Å². The molecule has 0 aliphatic heterocycles. The molecule has 3 rings (SSSR count). The molecule has 5 heteroatoms. The molecule has 0 unspecified atom stereocenters. The van der Waals surface area contributed by atoms with Crippen LogP contribution in [0, 0.1) is 0 Å². The zero-order valence-corrected chi connectivity index (χ0v) is 11.7. The summed E-state index contributed by atoms with van der Waals surface area (Å²) in [6.07, 6.45) is 6.53. The fourth-order valence-electron chi connectivity index (χ4n) is 2.27. The van der Waals surface area contributed by atoms with Gasteiger partial charge < -0.3 is 10.4 Å². The molecule has 1 aromatic carbocycles. The Kier molecular flexibility index (Phi) is 4.23. The Balaban J connectivity index is 1.51. The van der Waals surface area contributed by atoms with E-state index in [9.17, 15) is 0 Å². The quantitative estimate of drug-likeness (QED) is 0.673. The van der Waals surface area contributed by atoms with Crippen molar-refractivity contribution in [3.63, 3.8) is 0 Å². The summed E-state index contributed by atoms with van der Waals surface area (Å²) in [7, 11) is 0. The summed E-state index contributed by atoms with van der Waals surface area (Å²) in [5.74, 6) is 0.730. The van der Waals surface area contributed by atoms with Crippen LogP contribution in [0.3, 0.4) is 0 Å². The van der Waals surface area contributed by atoms with E-state index in [0.717, 1.165) is 36.5 Å². The fraction of sp³-hybridized carbons (Fsp3) is 0.250. The summed E-state index contributed by atoms with van der Waals surface area (Å²) in [5.41, 5.74) is 3.32. The highest BCUT2D eigenvalue weighted by Gasteiger charge is 2.02. The smallest absolute Gasteiger partial charge is 0.233 e. The molecule has 0 bridgehead atoms. The van der Waals surface area contributed by atoms with E-state index in [1.807, 2.05) is 35.0 Å². The molecule has 21 heavy (non-hydrogen) atoms. The maximum atomic E-state index is 9.01. The highest BCUT2D eigenvalue weighted by atomic mass is 16.3. The van der Waals surface area contributed by atoms with Crippen molar-refractivity contribution in [3.8, 4) is 0 Å². The first-order chi connectivity index (χ1) is 10.4. The molecule has 0 saturated carbocycles. The maximum Gasteiger partial charge on any atom is 0.233 e. The van der Waals surface area contributed by atoms with Crippen LogP contribution in [0.1, 0.15) is 16.8 Å². The van der Waals surface area contributed by atoms with E-state index in [4.69, 9.17) is 5.11 Å². The summed E-state index contributed by atoms with van der Waals surface area (Å²) >= 11 is 0. The van der Waals surface area contributed by atoms with E-state index >= 15 is 0 Å². The van der Waals surface area contributed by atoms with Crippen molar-refractivity contribution in [2.24, 2.45) is 0 Å². The Labute approximate surface area is 123 Å². The number of nitrogens with zero attached hydrogens (tertiary/aromatic N) is 3. The molecule has 108 valence electrons. The first-order valence-corrected chi connectivity index (χ1v) is 7.03. The van der Waals surface area contributed by atoms with Crippen LogP contribution in [0.25, 0.3) is 5.78 Å². The predicted molar refractivity (Wildman–Crippen MR) is 80.8 cm³/mol. The summed E-state index contributed by atoms with van der Waals surface area (Å²) in [4.78, 5) is 8.46. The molecule has 0 amide bonds. The van der Waals surface area contributed by atoms with Crippen molar-refractivity contribution in [1.29, 1.82) is 0 Å². The predicted octanol–water partition coefficient (Wildman–Crippen LogP) is 1.55. The standard InChI is InChI=1S/C16H18N4O/c21-12-14-4-2-13(3-5-14)6-8-17-10-15-11-19-16-18-7-1-9-20(15)16/h1-5,7,9,11,17,21H,6,8,10,12H2. The Morgan fingerprint density at radius 1 is 1.10 bits per heavy atom. The monoisotopic (exact) mass is 282 g/mol. The van der Waals surface area contributed by atoms with Gasteiger partial charge in [0.1, 0.15) is 0 Å². The molecule has 5 nitrogen and oxygen atoms in total. The van der Waals surface area contributed by atoms with Crippen molar-refractivity contribution in [2.45, 2.75) is 19.6 Å². The third-order valence-corrected chi connectivity index (χ3v) is 3.47. The normalized spacial score (nSPS) is 11.1. The number of aliphatic hydroxyl groups excluding tert-OH is 1. The highest BCUT2D eigenvalue weighted by molar-refractivity contribution is 5.30. The second-order valence-electron chi connectivity index (χ2n) is 4.94. The second-order valence-corrected chi connectivity index (χ2v) is 4.94. The fourth-order valence-corrected chi connectivity index (χ4v) is 2.27. The first-order valence-electron chi connectivity index (χ1n) is 7.03. The number of benzene rings is 1. The van der Waals surface area contributed by atoms with E-state index in [1.54, 1.807) is 6.20 Å². The molecule has 0 saturated heterocycles. The van der Waals surface area contributed by atoms with Crippen LogP contribution < -0.4 is 5.32 Å². The van der Waals surface area contributed by atoms with E-state index in [2.05, 4.69) is 27.4 Å². The minimum atomic E-state index is 0.0981. The maximum absolute atomic E-state index is 9.01. The molecular formula is C16H18N4O. The van der Waals surface area contributed by atoms with Crippen LogP contribution in [0.4, 0.5) is 0 Å². The Morgan fingerprint density at radius 2 is 1.90 bits per heavy atom. The zero-order valence-electron chi connectivity index (χ0n) is 11.7. The lowest BCUT2D eigenvalue weighted by molar-refractivity contribution is 0.282. The van der Waals surface area contributed by atoms with Crippen molar-refractivity contribution >= 4 is 5.78 Å². The number of hydrogen-bond donors (Lipinski definition) is 2. The average Bonchev–Trinajstić information content (AvgIpc) is 2.95. The van der Waals surface area contributed by atoms with E-state index < -0.39 is 0 Å². The van der Waals surface area contributed by atoms with Crippen LogP contribution in [0.15, 0.2) is 48.9 Å². The van der Waals surface area contributed by atoms with Gasteiger partial charge in [-0.15, -0.1) is 0 Å². The number of aromatic nitrogens is 3. The number of fused-ring (bicyclic) bond motifs is 1. The number of hydrogen-bond acceptors (Lipinski definition) is 4. The molecule has 0 aliphatic carbocycles. The van der Waals surface area contributed by atoms with E-state index in [-0.39, 0.29) is 6.61 Å². The van der Waals surface area contributed by atoms with Crippen LogP contribution >= 0.6 is 0 Å². The van der Waals surface area contributed by atoms with E-state index in [1.165, 1.54) is 5.56 Å². The second kappa shape index (κ2) is 6.47. The topological polar surface area (TPSA) is 62.5 Å². The molecule has 2 heterocycles. The molecule has 0 radical (unpaired) electrons. The molecule has 2 aromatic heterocycles. The van der Waals surface area contributed by atoms with Crippen LogP contribution in [0.5, 0.6) is 0 Å². The molecule has 3 aromatic rings. The highest BCUT2D eigenvalue weighted by Crippen LogP contribution is 2.05. The minimum absolute atomic E-state index is 0.0981. The van der Waals surface area contributed by atoms with Crippen molar-refractivity contribution < 1.29 is 5.11 Å². The number of aliphatic hydroxyl groups is 1. The summed E-state index contributed by atoms with van der Waals surface area (Å²) in [6.45, 7) is 1.76. The van der Waals surface area contributed by atoms with Gasteiger partial charge in [0.2, 0.25) is 5.78 Å². The van der Waals surface area contributed by atoms with Gasteiger partial charge in [0.25, 0.3) is 0 Å². The largest absolute Gasteiger partial charge is 0.392 e. The third-order valence-electron chi connectivity index (χ3n) is 3.47. The Bertz CT molecular complexity index is 706. The van der Waals surface area contributed by atoms with Crippen molar-refractivity contribution in [2.75, 3.05) is 6.54 Å². The molecular weight excluding hydrogens is 264 g/mol. The van der Waals surface area contributed by atoms with Gasteiger partial charge in [-0.25, -0.2) is 9.97 Å². The number of rotatable bonds is 6. The lowest BCUT2D eigenvalue weighted by atomic mass is 10.1. The average molecular weight is 282 g/mol. The van der Waals surface area contributed by atoms with Gasteiger partial charge in [0.15, 0.2) is 0 Å². The molecule has 0 fully saturated rings. The van der Waals surface area contributed by atoms with E-state index in [0.29, 0.717) is 0 Å². The van der Waals surface area contributed by atoms with Crippen LogP contribution in [-0.2, 0) is 19.6 Å². The molecule has 2 N–H and O–H groups in total. The number of nitrogens with one attached hydrogen (secondary N) is 1. The van der Waals surface area contributed by atoms with Gasteiger partial charge in [0.05, 0.1) is 18.5 Å². The lowest BCUT2D eigenvalue weighted by Crippen LogP contribution is -2.17. The van der Waals surface area contributed by atoms with Gasteiger partial charge in [-0.05, 0) is 30.2 Å². The number of imidazole rings is 1. The Morgan fingerprint density at radius 3 is 2.71 bits per heavy atom. The van der Waals surface area contributed by atoms with Gasteiger partial charge in [-0.1, -0.05) is 24.3 Å². The minimum Gasteiger partial charge on any atom is -0.392 e. The van der Waals surface area contributed by atoms with Gasteiger partial charge in [-0.2, -0.15) is 0 Å². The van der Waals surface area contributed by atoms with Gasteiger partial charge in [-0.3, -0.25) is 4.40 Å². The summed E-state index contributed by atoms with van der Waals surface area (Å²) in [6, 6.07) is 9.95. The lowest BCUT2D eigenvalue weighted by Gasteiger charge is -2.05. The van der Waals surface area contributed by atoms with Crippen molar-refractivity contribution in [3.05, 3.63) is 65.7 Å². The SMILES string of the molecule is OCc1ccc(CCNCc2cnc3ncccn23)cc1.